The Hall–Kier alpha value is -2.03. The predicted molar refractivity (Wildman–Crippen MR) is 128 cm³/mol. The molecule has 1 spiro atoms. The van der Waals surface area contributed by atoms with Crippen molar-refractivity contribution in [2.45, 2.75) is 42.2 Å². The number of rotatable bonds is 9. The van der Waals surface area contributed by atoms with Crippen molar-refractivity contribution in [2.24, 2.45) is 17.8 Å². The van der Waals surface area contributed by atoms with E-state index in [-0.39, 0.29) is 36.1 Å². The third-order valence-electron chi connectivity index (χ3n) is 7.29. The number of carbonyl (C=O) groups excluding carboxylic acids is 2. The SMILES string of the molecule is C=CCN(C(=O)C1N(CCCCO)C(=O)[C@@H]2[C@H](C(=O)O)[C@@H]3CC(C)C12S3)c1ccc(Cl)cc1. The molecule has 178 valence electrons. The van der Waals surface area contributed by atoms with Crippen LogP contribution in [0.2, 0.25) is 5.02 Å². The van der Waals surface area contributed by atoms with Crippen LogP contribution in [0.5, 0.6) is 0 Å². The average Bonchev–Trinajstić information content (AvgIpc) is 3.37. The Labute approximate surface area is 202 Å². The molecule has 1 aromatic carbocycles. The largest absolute Gasteiger partial charge is 0.481 e. The molecule has 7 nitrogen and oxygen atoms in total. The number of carbonyl (C=O) groups is 3. The lowest BCUT2D eigenvalue weighted by Crippen LogP contribution is -2.57. The molecular formula is C24H29ClN2O5S. The minimum absolute atomic E-state index is 0.00639. The number of carboxylic acids is 1. The van der Waals surface area contributed by atoms with E-state index in [1.54, 1.807) is 40.1 Å². The van der Waals surface area contributed by atoms with Gasteiger partial charge in [0, 0.05) is 35.7 Å². The van der Waals surface area contributed by atoms with Crippen molar-refractivity contribution >= 4 is 46.8 Å². The zero-order valence-corrected chi connectivity index (χ0v) is 20.1. The number of hydrogen-bond acceptors (Lipinski definition) is 5. The molecule has 2 N–H and O–H groups in total. The van der Waals surface area contributed by atoms with Gasteiger partial charge in [0.2, 0.25) is 5.91 Å². The molecule has 9 heteroatoms. The lowest BCUT2D eigenvalue weighted by Gasteiger charge is -2.40. The van der Waals surface area contributed by atoms with Gasteiger partial charge in [-0.05, 0) is 49.4 Å². The van der Waals surface area contributed by atoms with Crippen LogP contribution in [0, 0.1) is 17.8 Å². The van der Waals surface area contributed by atoms with Crippen molar-refractivity contribution in [2.75, 3.05) is 24.6 Å². The summed E-state index contributed by atoms with van der Waals surface area (Å²) < 4.78 is -0.785. The van der Waals surface area contributed by atoms with E-state index in [4.69, 9.17) is 11.6 Å². The number of unbranched alkanes of at least 4 members (excludes halogenated alkanes) is 1. The molecule has 0 radical (unpaired) electrons. The summed E-state index contributed by atoms with van der Waals surface area (Å²) in [4.78, 5) is 43.3. The Bertz CT molecular complexity index is 957. The molecule has 0 aliphatic carbocycles. The van der Waals surface area contributed by atoms with E-state index in [9.17, 15) is 24.6 Å². The summed E-state index contributed by atoms with van der Waals surface area (Å²) in [5.41, 5.74) is 0.645. The summed E-state index contributed by atoms with van der Waals surface area (Å²) >= 11 is 7.57. The number of amides is 2. The van der Waals surface area contributed by atoms with Crippen molar-refractivity contribution in [3.63, 3.8) is 0 Å². The topological polar surface area (TPSA) is 98.2 Å². The van der Waals surface area contributed by atoms with Crippen LogP contribution >= 0.6 is 23.4 Å². The first-order valence-electron chi connectivity index (χ1n) is 11.3. The van der Waals surface area contributed by atoms with Crippen molar-refractivity contribution < 1.29 is 24.6 Å². The summed E-state index contributed by atoms with van der Waals surface area (Å²) in [5, 5.41) is 19.6. The van der Waals surface area contributed by atoms with Crippen LogP contribution in [0.4, 0.5) is 5.69 Å². The molecule has 2 bridgehead atoms. The third-order valence-corrected chi connectivity index (χ3v) is 9.62. The number of nitrogens with zero attached hydrogens (tertiary/aromatic N) is 2. The minimum Gasteiger partial charge on any atom is -0.481 e. The number of carboxylic acid groups (broad SMARTS) is 1. The minimum atomic E-state index is -0.969. The highest BCUT2D eigenvalue weighted by Crippen LogP contribution is 2.68. The second-order valence-electron chi connectivity index (χ2n) is 9.07. The maximum Gasteiger partial charge on any atom is 0.308 e. The Morgan fingerprint density at radius 2 is 2.03 bits per heavy atom. The molecule has 3 heterocycles. The van der Waals surface area contributed by atoms with Gasteiger partial charge in [0.15, 0.2) is 0 Å². The van der Waals surface area contributed by atoms with E-state index in [1.807, 2.05) is 6.92 Å². The average molecular weight is 493 g/mol. The van der Waals surface area contributed by atoms with Gasteiger partial charge in [-0.1, -0.05) is 24.6 Å². The van der Waals surface area contributed by atoms with Crippen LogP contribution in [-0.2, 0) is 14.4 Å². The van der Waals surface area contributed by atoms with Crippen LogP contribution in [0.15, 0.2) is 36.9 Å². The molecule has 3 unspecified atom stereocenters. The standard InChI is InChI=1S/C24H29ClN2O5S/c1-3-10-26(16-8-6-15(25)7-9-16)22(30)20-24-14(2)13-17(33-24)18(23(31)32)19(24)21(29)27(20)11-4-5-12-28/h3,6-9,14,17-20,28H,1,4-5,10-13H2,2H3,(H,31,32)/t14?,17-,18+,19-,20?,24?/m0/s1. The summed E-state index contributed by atoms with van der Waals surface area (Å²) in [6.07, 6.45) is 3.35. The number of likely N-dealkylation sites (tertiary alicyclic amines) is 1. The van der Waals surface area contributed by atoms with Crippen LogP contribution < -0.4 is 4.90 Å². The maximum absolute atomic E-state index is 14.2. The van der Waals surface area contributed by atoms with Gasteiger partial charge in [-0.2, -0.15) is 0 Å². The number of anilines is 1. The molecular weight excluding hydrogens is 464 g/mol. The summed E-state index contributed by atoms with van der Waals surface area (Å²) in [5.74, 6) is -2.96. The monoisotopic (exact) mass is 492 g/mol. The lowest BCUT2D eigenvalue weighted by atomic mass is 9.66. The van der Waals surface area contributed by atoms with E-state index < -0.39 is 28.6 Å². The normalized spacial score (nSPS) is 32.2. The van der Waals surface area contributed by atoms with Crippen molar-refractivity contribution in [1.29, 1.82) is 0 Å². The number of halogens is 1. The fourth-order valence-corrected chi connectivity index (χ4v) is 8.47. The fraction of sp³-hybridized carbons (Fsp3) is 0.542. The molecule has 4 rings (SSSR count). The van der Waals surface area contributed by atoms with Gasteiger partial charge in [0.1, 0.15) is 6.04 Å². The quantitative estimate of drug-likeness (QED) is 0.406. The Morgan fingerprint density at radius 1 is 1.33 bits per heavy atom. The Balaban J connectivity index is 1.78. The number of aliphatic carboxylic acids is 1. The molecule has 3 saturated heterocycles. The van der Waals surface area contributed by atoms with E-state index in [2.05, 4.69) is 6.58 Å². The first kappa shape index (κ1) is 24.1. The molecule has 3 aliphatic rings. The number of aliphatic hydroxyl groups excluding tert-OH is 1. The maximum atomic E-state index is 14.2. The van der Waals surface area contributed by atoms with Gasteiger partial charge in [0.25, 0.3) is 5.91 Å². The van der Waals surface area contributed by atoms with E-state index in [1.165, 1.54) is 11.8 Å². The zero-order chi connectivity index (χ0) is 23.9. The number of hydrogen-bond donors (Lipinski definition) is 2. The molecule has 0 saturated carbocycles. The Morgan fingerprint density at radius 3 is 2.64 bits per heavy atom. The fourth-order valence-electron chi connectivity index (χ4n) is 5.94. The number of aliphatic hydroxyl groups is 1. The van der Waals surface area contributed by atoms with Crippen molar-refractivity contribution in [1.82, 2.24) is 4.90 Å². The highest BCUT2D eigenvalue weighted by atomic mass is 35.5. The van der Waals surface area contributed by atoms with Crippen LogP contribution in [-0.4, -0.2) is 68.6 Å². The van der Waals surface area contributed by atoms with Gasteiger partial charge in [-0.3, -0.25) is 14.4 Å². The lowest BCUT2D eigenvalue weighted by molar-refractivity contribution is -0.149. The molecule has 2 amide bonds. The van der Waals surface area contributed by atoms with Crippen LogP contribution in [0.3, 0.4) is 0 Å². The zero-order valence-electron chi connectivity index (χ0n) is 18.5. The van der Waals surface area contributed by atoms with E-state index in [0.717, 1.165) is 0 Å². The second kappa shape index (κ2) is 9.31. The first-order valence-corrected chi connectivity index (χ1v) is 12.5. The molecule has 1 aromatic rings. The van der Waals surface area contributed by atoms with Crippen molar-refractivity contribution in [3.05, 3.63) is 41.9 Å². The first-order chi connectivity index (χ1) is 15.8. The van der Waals surface area contributed by atoms with Gasteiger partial charge >= 0.3 is 5.97 Å². The third kappa shape index (κ3) is 3.76. The number of benzene rings is 1. The van der Waals surface area contributed by atoms with Gasteiger partial charge < -0.3 is 20.0 Å². The van der Waals surface area contributed by atoms with Gasteiger partial charge in [0.05, 0.1) is 16.6 Å². The molecule has 3 fully saturated rings. The highest BCUT2D eigenvalue weighted by molar-refractivity contribution is 8.02. The summed E-state index contributed by atoms with van der Waals surface area (Å²) in [6, 6.07) is 6.15. The Kier molecular flexibility index (Phi) is 6.80. The summed E-state index contributed by atoms with van der Waals surface area (Å²) in [6.45, 7) is 6.38. The molecule has 33 heavy (non-hydrogen) atoms. The van der Waals surface area contributed by atoms with Crippen LogP contribution in [0.1, 0.15) is 26.2 Å². The number of fused-ring (bicyclic) bond motifs is 1. The summed E-state index contributed by atoms with van der Waals surface area (Å²) in [7, 11) is 0. The second-order valence-corrected chi connectivity index (χ2v) is 11.1. The smallest absolute Gasteiger partial charge is 0.308 e. The highest BCUT2D eigenvalue weighted by Gasteiger charge is 2.76. The van der Waals surface area contributed by atoms with E-state index in [0.29, 0.717) is 36.5 Å². The molecule has 6 atom stereocenters. The molecule has 3 aliphatic heterocycles. The predicted octanol–water partition coefficient (Wildman–Crippen LogP) is 3.05. The van der Waals surface area contributed by atoms with Gasteiger partial charge in [-0.25, -0.2) is 0 Å². The van der Waals surface area contributed by atoms with Crippen molar-refractivity contribution in [3.8, 4) is 0 Å². The number of thioether (sulfide) groups is 1. The molecule has 0 aromatic heterocycles. The van der Waals surface area contributed by atoms with Gasteiger partial charge in [-0.15, -0.1) is 18.3 Å². The van der Waals surface area contributed by atoms with E-state index >= 15 is 0 Å². The van der Waals surface area contributed by atoms with Crippen LogP contribution in [0.25, 0.3) is 0 Å².